The Morgan fingerprint density at radius 1 is 1.59 bits per heavy atom. The predicted octanol–water partition coefficient (Wildman–Crippen LogP) is 0.427. The summed E-state index contributed by atoms with van der Waals surface area (Å²) in [7, 11) is 0. The Morgan fingerprint density at radius 3 is 3.00 bits per heavy atom. The molecule has 90 valence electrons. The minimum absolute atomic E-state index is 0.181. The molecule has 17 heavy (non-hydrogen) atoms. The molecule has 2 aromatic rings. The van der Waals surface area contributed by atoms with Crippen LogP contribution >= 0.6 is 0 Å². The van der Waals surface area contributed by atoms with E-state index in [9.17, 15) is 4.79 Å². The molecule has 0 aliphatic rings. The summed E-state index contributed by atoms with van der Waals surface area (Å²) in [6.07, 6.45) is 0. The van der Waals surface area contributed by atoms with Gasteiger partial charge in [-0.3, -0.25) is 15.2 Å². The summed E-state index contributed by atoms with van der Waals surface area (Å²) in [5.41, 5.74) is 0. The standard InChI is InChI=1S/C9H11N5O3/c1-5-3-8(14-17-5)16-4-7(15)11-9-10-6(2)12-13-9/h3H,4H2,1-2H3,(H2,10,11,12,13,15). The molecule has 2 N–H and O–H groups in total. The van der Waals surface area contributed by atoms with Crippen molar-refractivity contribution in [3.63, 3.8) is 0 Å². The second-order valence-electron chi connectivity index (χ2n) is 3.36. The number of aryl methyl sites for hydroxylation is 2. The van der Waals surface area contributed by atoms with E-state index in [1.54, 1.807) is 19.9 Å². The van der Waals surface area contributed by atoms with Crippen molar-refractivity contribution in [1.82, 2.24) is 20.3 Å². The minimum Gasteiger partial charge on any atom is -0.465 e. The first-order chi connectivity index (χ1) is 8.13. The van der Waals surface area contributed by atoms with Gasteiger partial charge < -0.3 is 9.26 Å². The molecular formula is C9H11N5O3. The highest BCUT2D eigenvalue weighted by Crippen LogP contribution is 2.09. The van der Waals surface area contributed by atoms with E-state index in [4.69, 9.17) is 9.26 Å². The Bertz CT molecular complexity index is 518. The van der Waals surface area contributed by atoms with Crippen molar-refractivity contribution in [3.8, 4) is 5.88 Å². The molecule has 0 saturated heterocycles. The monoisotopic (exact) mass is 237 g/mol. The maximum Gasteiger partial charge on any atom is 0.264 e. The molecule has 0 saturated carbocycles. The number of amides is 1. The highest BCUT2D eigenvalue weighted by molar-refractivity contribution is 5.90. The lowest BCUT2D eigenvalue weighted by Crippen LogP contribution is -2.20. The molecule has 2 rings (SSSR count). The topological polar surface area (TPSA) is 106 Å². The van der Waals surface area contributed by atoms with Crippen LogP contribution in [0.15, 0.2) is 10.6 Å². The van der Waals surface area contributed by atoms with Gasteiger partial charge in [0, 0.05) is 6.07 Å². The zero-order valence-corrected chi connectivity index (χ0v) is 9.35. The van der Waals surface area contributed by atoms with Crippen molar-refractivity contribution in [3.05, 3.63) is 17.7 Å². The molecule has 1 amide bonds. The third-order valence-electron chi connectivity index (χ3n) is 1.81. The van der Waals surface area contributed by atoms with Crippen molar-refractivity contribution in [1.29, 1.82) is 0 Å². The van der Waals surface area contributed by atoms with E-state index in [-0.39, 0.29) is 24.3 Å². The predicted molar refractivity (Wildman–Crippen MR) is 56.5 cm³/mol. The van der Waals surface area contributed by atoms with Gasteiger partial charge in [0.15, 0.2) is 6.61 Å². The van der Waals surface area contributed by atoms with E-state index in [2.05, 4.69) is 25.7 Å². The summed E-state index contributed by atoms with van der Waals surface area (Å²) in [5.74, 6) is 1.35. The molecule has 0 atom stereocenters. The van der Waals surface area contributed by atoms with Crippen LogP contribution in [0.25, 0.3) is 0 Å². The van der Waals surface area contributed by atoms with Crippen LogP contribution < -0.4 is 10.1 Å². The molecule has 2 aromatic heterocycles. The van der Waals surface area contributed by atoms with Crippen LogP contribution in [0.5, 0.6) is 5.88 Å². The number of carbonyl (C=O) groups is 1. The lowest BCUT2D eigenvalue weighted by atomic mass is 10.5. The van der Waals surface area contributed by atoms with Gasteiger partial charge in [-0.1, -0.05) is 0 Å². The lowest BCUT2D eigenvalue weighted by molar-refractivity contribution is -0.118. The quantitative estimate of drug-likeness (QED) is 0.798. The largest absolute Gasteiger partial charge is 0.465 e. The summed E-state index contributed by atoms with van der Waals surface area (Å²) >= 11 is 0. The summed E-state index contributed by atoms with van der Waals surface area (Å²) in [4.78, 5) is 15.3. The lowest BCUT2D eigenvalue weighted by Gasteiger charge is -2.00. The van der Waals surface area contributed by atoms with E-state index in [0.29, 0.717) is 11.6 Å². The smallest absolute Gasteiger partial charge is 0.264 e. The van der Waals surface area contributed by atoms with Crippen molar-refractivity contribution in [2.45, 2.75) is 13.8 Å². The molecule has 0 aromatic carbocycles. The number of H-pyrrole nitrogens is 1. The second-order valence-corrected chi connectivity index (χ2v) is 3.36. The second kappa shape index (κ2) is 4.64. The van der Waals surface area contributed by atoms with Crippen molar-refractivity contribution in [2.75, 3.05) is 11.9 Å². The van der Waals surface area contributed by atoms with Crippen molar-refractivity contribution >= 4 is 11.9 Å². The fraction of sp³-hybridized carbons (Fsp3) is 0.333. The highest BCUT2D eigenvalue weighted by Gasteiger charge is 2.08. The van der Waals surface area contributed by atoms with Gasteiger partial charge in [0.25, 0.3) is 11.8 Å². The summed E-state index contributed by atoms with van der Waals surface area (Å²) in [6.45, 7) is 3.28. The van der Waals surface area contributed by atoms with Crippen molar-refractivity contribution in [2.24, 2.45) is 0 Å². The van der Waals surface area contributed by atoms with Gasteiger partial charge in [0.2, 0.25) is 5.95 Å². The Morgan fingerprint density at radius 2 is 2.41 bits per heavy atom. The van der Waals surface area contributed by atoms with Crippen LogP contribution in [-0.4, -0.2) is 32.9 Å². The van der Waals surface area contributed by atoms with E-state index < -0.39 is 0 Å². The number of ether oxygens (including phenoxy) is 1. The van der Waals surface area contributed by atoms with Crippen molar-refractivity contribution < 1.29 is 14.1 Å². The average Bonchev–Trinajstić information content (AvgIpc) is 2.85. The van der Waals surface area contributed by atoms with Gasteiger partial charge in [-0.05, 0) is 19.0 Å². The average molecular weight is 237 g/mol. The number of hydrogen-bond acceptors (Lipinski definition) is 6. The zero-order chi connectivity index (χ0) is 12.3. The number of rotatable bonds is 4. The summed E-state index contributed by atoms with van der Waals surface area (Å²) < 4.78 is 9.87. The molecule has 0 radical (unpaired) electrons. The number of nitrogens with zero attached hydrogens (tertiary/aromatic N) is 3. The number of hydrogen-bond donors (Lipinski definition) is 2. The third kappa shape index (κ3) is 3.03. The fourth-order valence-electron chi connectivity index (χ4n) is 1.11. The first kappa shape index (κ1) is 11.1. The normalized spacial score (nSPS) is 10.2. The number of carbonyl (C=O) groups excluding carboxylic acids is 1. The summed E-state index contributed by atoms with van der Waals surface area (Å²) in [5, 5.41) is 12.4. The third-order valence-corrected chi connectivity index (χ3v) is 1.81. The van der Waals surface area contributed by atoms with E-state index in [0.717, 1.165) is 0 Å². The van der Waals surface area contributed by atoms with Crippen LogP contribution in [0.1, 0.15) is 11.6 Å². The van der Waals surface area contributed by atoms with E-state index in [1.807, 2.05) is 0 Å². The minimum atomic E-state index is -0.371. The van der Waals surface area contributed by atoms with Gasteiger partial charge >= 0.3 is 0 Å². The highest BCUT2D eigenvalue weighted by atomic mass is 16.5. The Kier molecular flexibility index (Phi) is 3.03. The SMILES string of the molecule is Cc1nc(NC(=O)COc2cc(C)on2)n[nH]1. The van der Waals surface area contributed by atoms with Crippen LogP contribution in [0.2, 0.25) is 0 Å². The van der Waals surface area contributed by atoms with Gasteiger partial charge in [-0.25, -0.2) is 0 Å². The molecule has 0 fully saturated rings. The molecule has 0 aliphatic heterocycles. The number of aromatic amines is 1. The van der Waals surface area contributed by atoms with Crippen LogP contribution in [-0.2, 0) is 4.79 Å². The Hall–Kier alpha value is -2.38. The molecule has 0 bridgehead atoms. The van der Waals surface area contributed by atoms with E-state index >= 15 is 0 Å². The number of nitrogens with one attached hydrogen (secondary N) is 2. The first-order valence-electron chi connectivity index (χ1n) is 4.88. The van der Waals surface area contributed by atoms with E-state index in [1.165, 1.54) is 0 Å². The molecule has 0 unspecified atom stereocenters. The van der Waals surface area contributed by atoms with Crippen LogP contribution in [0.3, 0.4) is 0 Å². The number of anilines is 1. The maximum absolute atomic E-state index is 11.4. The Labute approximate surface area is 96.4 Å². The van der Waals surface area contributed by atoms with Gasteiger partial charge in [0.05, 0.1) is 0 Å². The first-order valence-corrected chi connectivity index (χ1v) is 4.88. The molecule has 2 heterocycles. The molecule has 0 aliphatic carbocycles. The number of aromatic nitrogens is 4. The maximum atomic E-state index is 11.4. The summed E-state index contributed by atoms with van der Waals surface area (Å²) in [6, 6.07) is 1.59. The van der Waals surface area contributed by atoms with Crippen LogP contribution in [0, 0.1) is 13.8 Å². The molecule has 0 spiro atoms. The van der Waals surface area contributed by atoms with Crippen LogP contribution in [0.4, 0.5) is 5.95 Å². The van der Waals surface area contributed by atoms with Gasteiger partial charge in [-0.2, -0.15) is 4.98 Å². The Balaban J connectivity index is 1.82. The molecule has 8 heteroatoms. The fourth-order valence-corrected chi connectivity index (χ4v) is 1.11. The van der Waals surface area contributed by atoms with Gasteiger partial charge in [-0.15, -0.1) is 5.10 Å². The van der Waals surface area contributed by atoms with Gasteiger partial charge in [0.1, 0.15) is 11.6 Å². The molecular weight excluding hydrogens is 226 g/mol. The molecule has 8 nitrogen and oxygen atoms in total. The zero-order valence-electron chi connectivity index (χ0n) is 9.35.